The second-order valence-electron chi connectivity index (χ2n) is 6.82. The molecule has 0 radical (unpaired) electrons. The van der Waals surface area contributed by atoms with E-state index in [0.29, 0.717) is 13.0 Å². The van der Waals surface area contributed by atoms with Gasteiger partial charge in [-0.15, -0.1) is 0 Å². The van der Waals surface area contributed by atoms with E-state index in [-0.39, 0.29) is 12.3 Å². The molecule has 4 rings (SSSR count). The number of fused-ring (bicyclic) bond motifs is 5. The number of rotatable bonds is 5. The Hall–Kier alpha value is -3.61. The number of carbonyl (C=O) groups is 2. The molecule has 2 aromatic heterocycles. The van der Waals surface area contributed by atoms with E-state index in [9.17, 15) is 9.59 Å². The molecule has 0 atom stereocenters. The molecule has 2 amide bonds. The molecule has 2 heterocycles. The standard InChI is InChI=1S/C22H22N4O3/c1-14-24-17-10-5-3-8-15(17)21-20(16-9-4-6-11-18(16)26(14)21)25-19(27)12-7-13-23-22(28)29-2/h3-6,8-11H,7,12-13H2,1-2H3,(H,23,28)(H,25,27). The molecule has 0 aliphatic heterocycles. The number of nitrogens with zero attached hydrogens (tertiary/aromatic N) is 2. The second-order valence-corrected chi connectivity index (χ2v) is 6.82. The number of aryl methyl sites for hydroxylation is 1. The molecule has 4 aromatic rings. The van der Waals surface area contributed by atoms with Crippen LogP contribution in [0, 0.1) is 6.92 Å². The number of hydrogen-bond donors (Lipinski definition) is 2. The fraction of sp³-hybridized carbons (Fsp3) is 0.227. The number of ether oxygens (including phenoxy) is 1. The minimum Gasteiger partial charge on any atom is -0.453 e. The number of aromatic nitrogens is 2. The summed E-state index contributed by atoms with van der Waals surface area (Å²) in [7, 11) is 1.31. The summed E-state index contributed by atoms with van der Waals surface area (Å²) in [5.74, 6) is 0.756. The number of carbonyl (C=O) groups excluding carboxylic acids is 2. The fourth-order valence-corrected chi connectivity index (χ4v) is 3.67. The first kappa shape index (κ1) is 18.7. The highest BCUT2D eigenvalue weighted by Crippen LogP contribution is 2.36. The maximum atomic E-state index is 12.7. The molecule has 148 valence electrons. The number of methoxy groups -OCH3 is 1. The number of benzene rings is 2. The highest BCUT2D eigenvalue weighted by atomic mass is 16.5. The Morgan fingerprint density at radius 1 is 1.07 bits per heavy atom. The van der Waals surface area contributed by atoms with Gasteiger partial charge in [-0.05, 0) is 25.5 Å². The molecule has 2 N–H and O–H groups in total. The molecule has 0 spiro atoms. The summed E-state index contributed by atoms with van der Waals surface area (Å²) < 4.78 is 6.62. The molecule has 29 heavy (non-hydrogen) atoms. The van der Waals surface area contributed by atoms with E-state index in [2.05, 4.69) is 19.8 Å². The predicted molar refractivity (Wildman–Crippen MR) is 113 cm³/mol. The van der Waals surface area contributed by atoms with Crippen LogP contribution in [0.2, 0.25) is 0 Å². The molecule has 0 aliphatic rings. The number of anilines is 1. The topological polar surface area (TPSA) is 84.7 Å². The van der Waals surface area contributed by atoms with Crippen LogP contribution in [0.3, 0.4) is 0 Å². The van der Waals surface area contributed by atoms with Crippen LogP contribution in [-0.4, -0.2) is 35.0 Å². The summed E-state index contributed by atoms with van der Waals surface area (Å²) in [6, 6.07) is 15.9. The third-order valence-corrected chi connectivity index (χ3v) is 4.94. The second kappa shape index (κ2) is 7.79. The molecule has 7 nitrogen and oxygen atoms in total. The monoisotopic (exact) mass is 390 g/mol. The first-order valence-electron chi connectivity index (χ1n) is 9.50. The van der Waals surface area contributed by atoms with Gasteiger partial charge < -0.3 is 15.4 Å². The number of para-hydroxylation sites is 2. The smallest absolute Gasteiger partial charge is 0.406 e. The van der Waals surface area contributed by atoms with Gasteiger partial charge in [0.2, 0.25) is 5.91 Å². The largest absolute Gasteiger partial charge is 0.453 e. The molecular weight excluding hydrogens is 368 g/mol. The molecular formula is C22H22N4O3. The summed E-state index contributed by atoms with van der Waals surface area (Å²) in [4.78, 5) is 28.5. The summed E-state index contributed by atoms with van der Waals surface area (Å²) in [6.45, 7) is 2.35. The quantitative estimate of drug-likeness (QED) is 0.504. The Morgan fingerprint density at radius 2 is 1.79 bits per heavy atom. The van der Waals surface area contributed by atoms with Crippen LogP contribution in [0.4, 0.5) is 10.5 Å². The van der Waals surface area contributed by atoms with Crippen LogP contribution in [0.25, 0.3) is 27.3 Å². The zero-order chi connectivity index (χ0) is 20.4. The molecule has 0 fully saturated rings. The number of hydrogen-bond acceptors (Lipinski definition) is 4. The summed E-state index contributed by atoms with van der Waals surface area (Å²) in [5.41, 5.74) is 3.61. The van der Waals surface area contributed by atoms with Gasteiger partial charge in [0.05, 0.1) is 29.3 Å². The zero-order valence-electron chi connectivity index (χ0n) is 16.4. The van der Waals surface area contributed by atoms with Crippen LogP contribution in [0.5, 0.6) is 0 Å². The van der Waals surface area contributed by atoms with Gasteiger partial charge in [-0.2, -0.15) is 0 Å². The van der Waals surface area contributed by atoms with Gasteiger partial charge in [0.1, 0.15) is 5.82 Å². The van der Waals surface area contributed by atoms with E-state index in [1.165, 1.54) is 7.11 Å². The van der Waals surface area contributed by atoms with E-state index in [1.54, 1.807) is 0 Å². The van der Waals surface area contributed by atoms with Crippen molar-refractivity contribution < 1.29 is 14.3 Å². The molecule has 0 unspecified atom stereocenters. The third-order valence-electron chi connectivity index (χ3n) is 4.94. The first-order valence-corrected chi connectivity index (χ1v) is 9.50. The van der Waals surface area contributed by atoms with Gasteiger partial charge in [0.25, 0.3) is 0 Å². The van der Waals surface area contributed by atoms with Crippen molar-refractivity contribution in [2.45, 2.75) is 19.8 Å². The summed E-state index contributed by atoms with van der Waals surface area (Å²) in [6.07, 6.45) is 0.313. The van der Waals surface area contributed by atoms with Crippen LogP contribution >= 0.6 is 0 Å². The van der Waals surface area contributed by atoms with Crippen molar-refractivity contribution in [3.05, 3.63) is 54.4 Å². The van der Waals surface area contributed by atoms with Crippen molar-refractivity contribution in [2.75, 3.05) is 19.0 Å². The molecule has 2 aromatic carbocycles. The van der Waals surface area contributed by atoms with Gasteiger partial charge in [0.15, 0.2) is 0 Å². The molecule has 7 heteroatoms. The molecule has 0 aliphatic carbocycles. The Kier molecular flexibility index (Phi) is 5.03. The van der Waals surface area contributed by atoms with E-state index in [4.69, 9.17) is 4.98 Å². The lowest BCUT2D eigenvalue weighted by Gasteiger charge is -2.09. The summed E-state index contributed by atoms with van der Waals surface area (Å²) >= 11 is 0. The normalized spacial score (nSPS) is 11.1. The van der Waals surface area contributed by atoms with Crippen molar-refractivity contribution in [3.63, 3.8) is 0 Å². The lowest BCUT2D eigenvalue weighted by atomic mass is 10.1. The molecule has 0 saturated carbocycles. The van der Waals surface area contributed by atoms with E-state index < -0.39 is 6.09 Å². The van der Waals surface area contributed by atoms with Gasteiger partial charge >= 0.3 is 6.09 Å². The average Bonchev–Trinajstić information content (AvgIpc) is 3.06. The van der Waals surface area contributed by atoms with Gasteiger partial charge in [-0.25, -0.2) is 9.78 Å². The van der Waals surface area contributed by atoms with Crippen molar-refractivity contribution >= 4 is 45.0 Å². The van der Waals surface area contributed by atoms with Crippen LogP contribution in [0.1, 0.15) is 18.7 Å². The van der Waals surface area contributed by atoms with Crippen molar-refractivity contribution in [2.24, 2.45) is 0 Å². The van der Waals surface area contributed by atoms with Crippen LogP contribution in [-0.2, 0) is 9.53 Å². The number of alkyl carbamates (subject to hydrolysis) is 1. The lowest BCUT2D eigenvalue weighted by molar-refractivity contribution is -0.116. The van der Waals surface area contributed by atoms with Gasteiger partial charge in [-0.3, -0.25) is 9.20 Å². The van der Waals surface area contributed by atoms with Crippen LogP contribution < -0.4 is 10.6 Å². The highest BCUT2D eigenvalue weighted by molar-refractivity contribution is 6.16. The van der Waals surface area contributed by atoms with Crippen molar-refractivity contribution in [1.29, 1.82) is 0 Å². The third kappa shape index (κ3) is 3.47. The number of amides is 2. The maximum absolute atomic E-state index is 12.7. The Morgan fingerprint density at radius 3 is 2.59 bits per heavy atom. The van der Waals surface area contributed by atoms with Crippen molar-refractivity contribution in [1.82, 2.24) is 14.7 Å². The Balaban J connectivity index is 1.73. The van der Waals surface area contributed by atoms with Gasteiger partial charge in [-0.1, -0.05) is 36.4 Å². The predicted octanol–water partition coefficient (Wildman–Crippen LogP) is 4.02. The molecule has 0 bridgehead atoms. The van der Waals surface area contributed by atoms with E-state index in [0.717, 1.165) is 38.8 Å². The highest BCUT2D eigenvalue weighted by Gasteiger charge is 2.18. The fourth-order valence-electron chi connectivity index (χ4n) is 3.67. The first-order chi connectivity index (χ1) is 14.1. The minimum absolute atomic E-state index is 0.103. The molecule has 0 saturated heterocycles. The SMILES string of the molecule is COC(=O)NCCCC(=O)Nc1c2ccccc2n2c(C)nc3ccccc3c12. The van der Waals surface area contributed by atoms with E-state index in [1.807, 2.05) is 55.5 Å². The van der Waals surface area contributed by atoms with Crippen molar-refractivity contribution in [3.8, 4) is 0 Å². The Bertz CT molecular complexity index is 1230. The van der Waals surface area contributed by atoms with E-state index >= 15 is 0 Å². The maximum Gasteiger partial charge on any atom is 0.406 e. The average molecular weight is 390 g/mol. The zero-order valence-corrected chi connectivity index (χ0v) is 16.4. The minimum atomic E-state index is -0.496. The lowest BCUT2D eigenvalue weighted by Crippen LogP contribution is -2.25. The Labute approximate surface area is 167 Å². The van der Waals surface area contributed by atoms with Crippen LogP contribution in [0.15, 0.2) is 48.5 Å². The summed E-state index contributed by atoms with van der Waals surface area (Å²) in [5, 5.41) is 7.63. The number of nitrogens with one attached hydrogen (secondary N) is 2. The van der Waals surface area contributed by atoms with Gasteiger partial charge in [0, 0.05) is 23.7 Å².